The first-order valence-corrected chi connectivity index (χ1v) is 4.71. The maximum absolute atomic E-state index is 10.8. The van der Waals surface area contributed by atoms with Crippen LogP contribution in [0.15, 0.2) is 0 Å². The summed E-state index contributed by atoms with van der Waals surface area (Å²) in [5.41, 5.74) is 0. The van der Waals surface area contributed by atoms with Gasteiger partial charge < -0.3 is 0 Å². The largest absolute Gasteiger partial charge is 0.277 e. The predicted molar refractivity (Wildman–Crippen MR) is 44.0 cm³/mol. The molecule has 0 aliphatic rings. The second kappa shape index (κ2) is 4.34. The van der Waals surface area contributed by atoms with E-state index in [1.165, 1.54) is 7.05 Å². The van der Waals surface area contributed by atoms with Gasteiger partial charge in [-0.1, -0.05) is 12.8 Å². The van der Waals surface area contributed by atoms with Gasteiger partial charge in [-0.2, -0.15) is 13.1 Å². The Morgan fingerprint density at radius 1 is 1.64 bits per heavy atom. The third-order valence-corrected chi connectivity index (χ3v) is 2.31. The normalized spacial score (nSPS) is 13.9. The lowest BCUT2D eigenvalue weighted by Crippen LogP contribution is -2.40. The van der Waals surface area contributed by atoms with Crippen LogP contribution in [0.2, 0.25) is 0 Å². The fourth-order valence-electron chi connectivity index (χ4n) is 0.481. The average Bonchev–Trinajstić information content (AvgIpc) is 2.00. The first kappa shape index (κ1) is 10.4. The number of hydrogen-bond donors (Lipinski definition) is 2. The molecule has 11 heavy (non-hydrogen) atoms. The SMILES string of the molecule is C#CC(CC)NS(=O)(=O)NC. The van der Waals surface area contributed by atoms with Crippen molar-refractivity contribution in [3.8, 4) is 12.3 Å². The molecular weight excluding hydrogens is 164 g/mol. The molecule has 0 fully saturated rings. The summed E-state index contributed by atoms with van der Waals surface area (Å²) in [6, 6.07) is -0.424. The number of rotatable bonds is 4. The Labute approximate surface area is 67.6 Å². The average molecular weight is 176 g/mol. The van der Waals surface area contributed by atoms with Gasteiger partial charge in [0.2, 0.25) is 0 Å². The molecule has 2 N–H and O–H groups in total. The van der Waals surface area contributed by atoms with E-state index in [9.17, 15) is 8.42 Å². The number of nitrogens with one attached hydrogen (secondary N) is 2. The molecule has 0 heterocycles. The molecule has 5 heteroatoms. The maximum Gasteiger partial charge on any atom is 0.277 e. The molecular formula is C6H12N2O2S. The van der Waals surface area contributed by atoms with Crippen LogP contribution in [0.25, 0.3) is 0 Å². The Kier molecular flexibility index (Phi) is 4.11. The number of hydrogen-bond acceptors (Lipinski definition) is 2. The molecule has 0 saturated heterocycles. The topological polar surface area (TPSA) is 58.2 Å². The highest BCUT2D eigenvalue weighted by Gasteiger charge is 2.10. The van der Waals surface area contributed by atoms with Crippen molar-refractivity contribution in [2.45, 2.75) is 19.4 Å². The second-order valence-corrected chi connectivity index (χ2v) is 3.60. The van der Waals surface area contributed by atoms with Gasteiger partial charge in [0.1, 0.15) is 0 Å². The van der Waals surface area contributed by atoms with Gasteiger partial charge in [0, 0.05) is 7.05 Å². The van der Waals surface area contributed by atoms with Crippen molar-refractivity contribution in [3.63, 3.8) is 0 Å². The van der Waals surface area contributed by atoms with E-state index >= 15 is 0 Å². The lowest BCUT2D eigenvalue weighted by Gasteiger charge is -2.09. The zero-order valence-electron chi connectivity index (χ0n) is 6.59. The Bertz CT molecular complexity index is 240. The molecule has 0 aliphatic heterocycles. The Hall–Kier alpha value is -0.570. The zero-order valence-corrected chi connectivity index (χ0v) is 7.40. The molecule has 0 aromatic carbocycles. The smallest absolute Gasteiger partial charge is 0.205 e. The maximum atomic E-state index is 10.8. The van der Waals surface area contributed by atoms with Gasteiger partial charge in [-0.3, -0.25) is 0 Å². The molecule has 0 rings (SSSR count). The van der Waals surface area contributed by atoms with Crippen molar-refractivity contribution in [3.05, 3.63) is 0 Å². The van der Waals surface area contributed by atoms with Crippen LogP contribution >= 0.6 is 0 Å². The summed E-state index contributed by atoms with van der Waals surface area (Å²) in [5.74, 6) is 2.31. The summed E-state index contributed by atoms with van der Waals surface area (Å²) in [7, 11) is -2.06. The van der Waals surface area contributed by atoms with Gasteiger partial charge >= 0.3 is 0 Å². The van der Waals surface area contributed by atoms with E-state index < -0.39 is 16.3 Å². The summed E-state index contributed by atoms with van der Waals surface area (Å²) in [4.78, 5) is 0. The van der Waals surface area contributed by atoms with Gasteiger partial charge in [-0.05, 0) is 6.42 Å². The summed E-state index contributed by atoms with van der Waals surface area (Å²) in [6.07, 6.45) is 5.62. The van der Waals surface area contributed by atoms with Crippen LogP contribution in [0.3, 0.4) is 0 Å². The molecule has 1 atom stereocenters. The van der Waals surface area contributed by atoms with Crippen LogP contribution in [0.4, 0.5) is 0 Å². The van der Waals surface area contributed by atoms with Crippen molar-refractivity contribution in [1.29, 1.82) is 0 Å². The van der Waals surface area contributed by atoms with Crippen LogP contribution in [0.5, 0.6) is 0 Å². The van der Waals surface area contributed by atoms with Crippen molar-refractivity contribution in [2.24, 2.45) is 0 Å². The Morgan fingerprint density at radius 3 is 2.45 bits per heavy atom. The third kappa shape index (κ3) is 3.98. The lowest BCUT2D eigenvalue weighted by molar-refractivity contribution is 0.562. The first-order chi connectivity index (χ1) is 5.05. The van der Waals surface area contributed by atoms with E-state index in [1.807, 2.05) is 6.92 Å². The standard InChI is InChI=1S/C6H12N2O2S/c1-4-6(5-2)8-11(9,10)7-3/h1,6-8H,5H2,2-3H3. The molecule has 0 spiro atoms. The van der Waals surface area contributed by atoms with Crippen LogP contribution < -0.4 is 9.44 Å². The molecule has 64 valence electrons. The monoisotopic (exact) mass is 176 g/mol. The van der Waals surface area contributed by atoms with Crippen LogP contribution in [-0.4, -0.2) is 21.5 Å². The molecule has 0 amide bonds. The van der Waals surface area contributed by atoms with Crippen LogP contribution in [0.1, 0.15) is 13.3 Å². The zero-order chi connectivity index (χ0) is 8.91. The lowest BCUT2D eigenvalue weighted by atomic mass is 10.3. The molecule has 1 unspecified atom stereocenters. The fourth-order valence-corrected chi connectivity index (χ4v) is 1.21. The third-order valence-electron chi connectivity index (χ3n) is 1.18. The highest BCUT2D eigenvalue weighted by Crippen LogP contribution is 1.89. The molecule has 0 aromatic heterocycles. The molecule has 4 nitrogen and oxygen atoms in total. The highest BCUT2D eigenvalue weighted by atomic mass is 32.2. The van der Waals surface area contributed by atoms with Crippen molar-refractivity contribution in [1.82, 2.24) is 9.44 Å². The summed E-state index contributed by atoms with van der Waals surface area (Å²) < 4.78 is 26.0. The van der Waals surface area contributed by atoms with Gasteiger partial charge in [0.15, 0.2) is 0 Å². The highest BCUT2D eigenvalue weighted by molar-refractivity contribution is 7.87. The fraction of sp³-hybridized carbons (Fsp3) is 0.667. The summed E-state index contributed by atoms with van der Waals surface area (Å²) >= 11 is 0. The predicted octanol–water partition coefficient (Wildman–Crippen LogP) is -0.548. The van der Waals surface area contributed by atoms with Gasteiger partial charge in [-0.25, -0.2) is 4.72 Å². The van der Waals surface area contributed by atoms with E-state index in [1.54, 1.807) is 0 Å². The quantitative estimate of drug-likeness (QED) is 0.565. The van der Waals surface area contributed by atoms with Gasteiger partial charge in [0.25, 0.3) is 10.2 Å². The minimum Gasteiger partial charge on any atom is -0.205 e. The van der Waals surface area contributed by atoms with Crippen LogP contribution in [-0.2, 0) is 10.2 Å². The molecule has 0 aliphatic carbocycles. The van der Waals surface area contributed by atoms with E-state index in [4.69, 9.17) is 6.42 Å². The van der Waals surface area contributed by atoms with E-state index in [2.05, 4.69) is 15.4 Å². The molecule has 0 saturated carbocycles. The minimum absolute atomic E-state index is 0.424. The summed E-state index contributed by atoms with van der Waals surface area (Å²) in [6.45, 7) is 1.81. The molecule has 0 radical (unpaired) electrons. The van der Waals surface area contributed by atoms with E-state index in [0.717, 1.165) is 0 Å². The Morgan fingerprint density at radius 2 is 2.18 bits per heavy atom. The summed E-state index contributed by atoms with van der Waals surface area (Å²) in [5, 5.41) is 0. The minimum atomic E-state index is -3.39. The second-order valence-electron chi connectivity index (χ2n) is 1.95. The van der Waals surface area contributed by atoms with Crippen molar-refractivity contribution >= 4 is 10.2 Å². The van der Waals surface area contributed by atoms with E-state index in [-0.39, 0.29) is 0 Å². The van der Waals surface area contributed by atoms with Gasteiger partial charge in [0.05, 0.1) is 6.04 Å². The Balaban J connectivity index is 4.15. The molecule has 0 aromatic rings. The van der Waals surface area contributed by atoms with Gasteiger partial charge in [-0.15, -0.1) is 6.42 Å². The molecule has 0 bridgehead atoms. The van der Waals surface area contributed by atoms with Crippen LogP contribution in [0, 0.1) is 12.3 Å². The van der Waals surface area contributed by atoms with Crippen molar-refractivity contribution in [2.75, 3.05) is 7.05 Å². The first-order valence-electron chi connectivity index (χ1n) is 3.22. The number of terminal acetylenes is 1. The van der Waals surface area contributed by atoms with Crippen molar-refractivity contribution < 1.29 is 8.42 Å². The van der Waals surface area contributed by atoms with E-state index in [0.29, 0.717) is 6.42 Å².